The van der Waals surface area contributed by atoms with E-state index in [0.29, 0.717) is 0 Å². The second kappa shape index (κ2) is 5.59. The van der Waals surface area contributed by atoms with Crippen LogP contribution < -0.4 is 0 Å². The van der Waals surface area contributed by atoms with Crippen molar-refractivity contribution in [2.45, 2.75) is 45.2 Å². The van der Waals surface area contributed by atoms with Crippen molar-refractivity contribution in [2.75, 3.05) is 6.54 Å². The highest BCUT2D eigenvalue weighted by Crippen LogP contribution is 2.33. The molecule has 1 aliphatic heterocycles. The fourth-order valence-electron chi connectivity index (χ4n) is 3.30. The summed E-state index contributed by atoms with van der Waals surface area (Å²) in [6, 6.07) is 2.26. The van der Waals surface area contributed by atoms with Crippen molar-refractivity contribution in [3.63, 3.8) is 0 Å². The van der Waals surface area contributed by atoms with Gasteiger partial charge >= 0.3 is 0 Å². The van der Waals surface area contributed by atoms with Gasteiger partial charge in [0.05, 0.1) is 35.8 Å². The molecule has 1 aliphatic rings. The topological polar surface area (TPSA) is 89.3 Å². The first kappa shape index (κ1) is 15.1. The van der Waals surface area contributed by atoms with Gasteiger partial charge in [-0.05, 0) is 6.07 Å². The van der Waals surface area contributed by atoms with E-state index >= 15 is 0 Å². The van der Waals surface area contributed by atoms with Gasteiger partial charge < -0.3 is 9.97 Å². The summed E-state index contributed by atoms with van der Waals surface area (Å²) in [4.78, 5) is 17.7. The molecule has 0 saturated carbocycles. The third-order valence-corrected chi connectivity index (χ3v) is 4.61. The van der Waals surface area contributed by atoms with E-state index in [9.17, 15) is 0 Å². The maximum atomic E-state index is 4.56. The minimum atomic E-state index is 0.0504. The van der Waals surface area contributed by atoms with Crippen molar-refractivity contribution in [3.05, 3.63) is 53.4 Å². The van der Waals surface area contributed by atoms with Crippen LogP contribution in [0.2, 0.25) is 0 Å². The Morgan fingerprint density at radius 3 is 2.83 bits per heavy atom. The summed E-state index contributed by atoms with van der Waals surface area (Å²) in [5.74, 6) is 0. The van der Waals surface area contributed by atoms with E-state index in [1.54, 1.807) is 12.7 Å². The zero-order chi connectivity index (χ0) is 16.7. The van der Waals surface area contributed by atoms with Gasteiger partial charge in [0.1, 0.15) is 0 Å². The molecule has 24 heavy (non-hydrogen) atoms. The lowest BCUT2D eigenvalue weighted by Gasteiger charge is -2.33. The Hall–Kier alpha value is -2.41. The molecule has 4 heterocycles. The molecule has 0 spiro atoms. The van der Waals surface area contributed by atoms with Crippen LogP contribution in [0.1, 0.15) is 55.3 Å². The zero-order valence-corrected chi connectivity index (χ0v) is 14.3. The highest BCUT2D eigenvalue weighted by Gasteiger charge is 2.32. The Morgan fingerprint density at radius 2 is 2.12 bits per heavy atom. The predicted octanol–water partition coefficient (Wildman–Crippen LogP) is 2.30. The lowest BCUT2D eigenvalue weighted by Crippen LogP contribution is -2.36. The molecule has 1 atom stereocenters. The Bertz CT molecular complexity index is 806. The second-order valence-corrected chi connectivity index (χ2v) is 7.42. The number of aromatic amines is 3. The molecule has 7 heteroatoms. The largest absolute Gasteiger partial charge is 0.348 e. The molecule has 3 aromatic heterocycles. The molecule has 0 saturated heterocycles. The van der Waals surface area contributed by atoms with Crippen LogP contribution in [0.5, 0.6) is 0 Å². The maximum absolute atomic E-state index is 4.56. The van der Waals surface area contributed by atoms with Gasteiger partial charge in [-0.2, -0.15) is 5.10 Å². The molecule has 1 unspecified atom stereocenters. The van der Waals surface area contributed by atoms with E-state index < -0.39 is 0 Å². The summed E-state index contributed by atoms with van der Waals surface area (Å²) in [7, 11) is 0. The minimum Gasteiger partial charge on any atom is -0.348 e. The molecular formula is C17H23N7. The molecule has 7 nitrogen and oxygen atoms in total. The Labute approximate surface area is 140 Å². The number of imidazole rings is 2. The monoisotopic (exact) mass is 325 g/mol. The van der Waals surface area contributed by atoms with Crippen molar-refractivity contribution in [1.29, 1.82) is 0 Å². The van der Waals surface area contributed by atoms with Crippen LogP contribution in [0.3, 0.4) is 0 Å². The van der Waals surface area contributed by atoms with Crippen molar-refractivity contribution >= 4 is 0 Å². The van der Waals surface area contributed by atoms with Crippen LogP contribution in [0.15, 0.2) is 24.9 Å². The third-order valence-electron chi connectivity index (χ3n) is 4.61. The van der Waals surface area contributed by atoms with Crippen molar-refractivity contribution in [3.8, 4) is 0 Å². The highest BCUT2D eigenvalue weighted by atomic mass is 15.2. The number of rotatable bonds is 3. The molecule has 3 aromatic rings. The molecular weight excluding hydrogens is 302 g/mol. The van der Waals surface area contributed by atoms with Crippen LogP contribution in [0.4, 0.5) is 0 Å². The SMILES string of the molecule is CC(C)(C)c1cc(CN2CCc3[nH]cnc3C2c2cnc[nH]2)[nH]n1. The van der Waals surface area contributed by atoms with Crippen LogP contribution in [-0.4, -0.2) is 41.6 Å². The molecule has 0 bridgehead atoms. The molecule has 3 N–H and O–H groups in total. The number of nitrogens with one attached hydrogen (secondary N) is 3. The van der Waals surface area contributed by atoms with E-state index in [0.717, 1.165) is 42.3 Å². The van der Waals surface area contributed by atoms with Gasteiger partial charge in [-0.25, -0.2) is 9.97 Å². The van der Waals surface area contributed by atoms with Crippen LogP contribution in [-0.2, 0) is 18.4 Å². The van der Waals surface area contributed by atoms with Gasteiger partial charge in [-0.1, -0.05) is 20.8 Å². The lowest BCUT2D eigenvalue weighted by atomic mass is 9.92. The van der Waals surface area contributed by atoms with E-state index in [4.69, 9.17) is 0 Å². The van der Waals surface area contributed by atoms with E-state index in [2.05, 4.69) is 61.9 Å². The molecule has 126 valence electrons. The first-order chi connectivity index (χ1) is 11.5. The molecule has 4 rings (SSSR count). The number of aromatic nitrogens is 6. The minimum absolute atomic E-state index is 0.0504. The number of fused-ring (bicyclic) bond motifs is 1. The fourth-order valence-corrected chi connectivity index (χ4v) is 3.30. The Balaban J connectivity index is 1.63. The molecule has 0 amide bonds. The number of hydrogen-bond acceptors (Lipinski definition) is 4. The van der Waals surface area contributed by atoms with Gasteiger partial charge in [0.2, 0.25) is 0 Å². The van der Waals surface area contributed by atoms with Gasteiger partial charge in [-0.15, -0.1) is 0 Å². The lowest BCUT2D eigenvalue weighted by molar-refractivity contribution is 0.195. The normalized spacial score (nSPS) is 18.7. The van der Waals surface area contributed by atoms with Gasteiger partial charge in [-0.3, -0.25) is 10.00 Å². The maximum Gasteiger partial charge on any atom is 0.0965 e. The number of nitrogens with zero attached hydrogens (tertiary/aromatic N) is 4. The summed E-state index contributed by atoms with van der Waals surface area (Å²) < 4.78 is 0. The molecule has 0 aliphatic carbocycles. The molecule has 0 fully saturated rings. The molecule has 0 aromatic carbocycles. The summed E-state index contributed by atoms with van der Waals surface area (Å²) in [6.07, 6.45) is 6.36. The van der Waals surface area contributed by atoms with Crippen LogP contribution in [0.25, 0.3) is 0 Å². The third kappa shape index (κ3) is 2.65. The highest BCUT2D eigenvalue weighted by molar-refractivity contribution is 5.28. The first-order valence-electron chi connectivity index (χ1n) is 8.31. The van der Waals surface area contributed by atoms with Gasteiger partial charge in [0.15, 0.2) is 0 Å². The summed E-state index contributed by atoms with van der Waals surface area (Å²) in [6.45, 7) is 8.30. The fraction of sp³-hybridized carbons (Fsp3) is 0.471. The Morgan fingerprint density at radius 1 is 1.25 bits per heavy atom. The predicted molar refractivity (Wildman–Crippen MR) is 90.4 cm³/mol. The quantitative estimate of drug-likeness (QED) is 0.689. The number of H-pyrrole nitrogens is 3. The van der Waals surface area contributed by atoms with E-state index in [1.807, 2.05) is 6.20 Å². The smallest absolute Gasteiger partial charge is 0.0965 e. The van der Waals surface area contributed by atoms with Crippen LogP contribution >= 0.6 is 0 Å². The standard InChI is InChI=1S/C17H23N7/c1-17(2,3)14-6-11(22-23-14)8-24-5-4-12-15(21-10-20-12)16(24)13-7-18-9-19-13/h6-7,9-10,16H,4-5,8H2,1-3H3,(H,18,19)(H,20,21)(H,22,23). The average molecular weight is 325 g/mol. The van der Waals surface area contributed by atoms with Crippen molar-refractivity contribution < 1.29 is 0 Å². The van der Waals surface area contributed by atoms with E-state index in [1.165, 1.54) is 5.69 Å². The molecule has 0 radical (unpaired) electrons. The zero-order valence-electron chi connectivity index (χ0n) is 14.3. The summed E-state index contributed by atoms with van der Waals surface area (Å²) in [5, 5.41) is 7.68. The van der Waals surface area contributed by atoms with Crippen molar-refractivity contribution in [2.24, 2.45) is 0 Å². The van der Waals surface area contributed by atoms with Gasteiger partial charge in [0, 0.05) is 42.5 Å². The average Bonchev–Trinajstić information content (AvgIpc) is 3.27. The summed E-state index contributed by atoms with van der Waals surface area (Å²) >= 11 is 0. The first-order valence-corrected chi connectivity index (χ1v) is 8.31. The number of hydrogen-bond donors (Lipinski definition) is 3. The Kier molecular flexibility index (Phi) is 3.53. The van der Waals surface area contributed by atoms with Crippen molar-refractivity contribution in [1.82, 2.24) is 35.0 Å². The van der Waals surface area contributed by atoms with E-state index in [-0.39, 0.29) is 11.5 Å². The van der Waals surface area contributed by atoms with Gasteiger partial charge in [0.25, 0.3) is 0 Å². The summed E-state index contributed by atoms with van der Waals surface area (Å²) in [5.41, 5.74) is 5.64. The van der Waals surface area contributed by atoms with Crippen LogP contribution in [0, 0.1) is 0 Å². The second-order valence-electron chi connectivity index (χ2n) is 7.42.